The minimum absolute atomic E-state index is 0.0205. The van der Waals surface area contributed by atoms with Crippen molar-refractivity contribution >= 4 is 29.0 Å². The number of hydrogen-bond acceptors (Lipinski definition) is 10. The van der Waals surface area contributed by atoms with Crippen LogP contribution in [0.2, 0.25) is 22.2 Å². The first-order valence-corrected chi connectivity index (χ1v) is 21.6. The third-order valence-electron chi connectivity index (χ3n) is 9.76. The summed E-state index contributed by atoms with van der Waals surface area (Å²) in [6.45, 7) is 16.5. The lowest BCUT2D eigenvalue weighted by Gasteiger charge is -2.51. The first kappa shape index (κ1) is 38.7. The standard InChI is InChI=1S/C37H50N2O10Si2/c1-24(2)50(25(3)4)46-22-30-33(48-51(49-50,26(5)6)27(7)8)34(45-23-32(41)44-21-28-15-11-9-12-16-28)36(47-30)38-20-19-31(40)39(37(38)43)35(42)29-17-13-10-14-18-29/h9-20,24-27,30,33-34,36H,21-23H2,1-8H3/t30-,33-,34-,36-/m1/s1. The zero-order chi connectivity index (χ0) is 37.1. The Morgan fingerprint density at radius 2 is 1.41 bits per heavy atom. The highest BCUT2D eigenvalue weighted by Crippen LogP contribution is 2.48. The highest BCUT2D eigenvalue weighted by molar-refractivity contribution is 6.84. The van der Waals surface area contributed by atoms with Gasteiger partial charge >= 0.3 is 28.8 Å². The molecule has 1 aromatic heterocycles. The molecule has 0 spiro atoms. The molecular formula is C37H50N2O10Si2. The molecule has 0 saturated carbocycles. The Balaban J connectivity index is 1.57. The van der Waals surface area contributed by atoms with E-state index in [0.717, 1.165) is 16.2 Å². The quantitative estimate of drug-likeness (QED) is 0.179. The summed E-state index contributed by atoms with van der Waals surface area (Å²) in [5.74, 6) is -1.41. The van der Waals surface area contributed by atoms with E-state index >= 15 is 0 Å². The van der Waals surface area contributed by atoms with E-state index in [4.69, 9.17) is 27.2 Å². The van der Waals surface area contributed by atoms with Gasteiger partial charge in [-0.05, 0) is 39.9 Å². The molecule has 5 rings (SSSR count). The molecule has 3 aromatic rings. The minimum Gasteiger partial charge on any atom is -0.459 e. The molecule has 14 heteroatoms. The van der Waals surface area contributed by atoms with Crippen LogP contribution in [-0.2, 0) is 38.6 Å². The van der Waals surface area contributed by atoms with Crippen molar-refractivity contribution < 1.29 is 36.8 Å². The lowest BCUT2D eigenvalue weighted by molar-refractivity contribution is -0.156. The number of aromatic nitrogens is 2. The molecular weight excluding hydrogens is 689 g/mol. The molecule has 0 amide bonds. The first-order valence-electron chi connectivity index (χ1n) is 17.6. The number of hydrogen-bond donors (Lipinski definition) is 0. The topological polar surface area (TPSA) is 134 Å². The predicted octanol–water partition coefficient (Wildman–Crippen LogP) is 5.68. The van der Waals surface area contributed by atoms with Crippen LogP contribution >= 0.6 is 0 Å². The number of fused-ring (bicyclic) bond motifs is 1. The number of esters is 1. The van der Waals surface area contributed by atoms with Crippen LogP contribution in [0.15, 0.2) is 82.5 Å². The maximum atomic E-state index is 14.1. The summed E-state index contributed by atoms with van der Waals surface area (Å²) in [5.41, 5.74) is -0.603. The third-order valence-corrected chi connectivity index (χ3v) is 20.0. The summed E-state index contributed by atoms with van der Waals surface area (Å²) in [6, 6.07) is 18.5. The lowest BCUT2D eigenvalue weighted by atomic mass is 10.1. The number of carbonyl (C=O) groups is 2. The van der Waals surface area contributed by atoms with E-state index in [1.165, 1.54) is 18.3 Å². The van der Waals surface area contributed by atoms with Crippen LogP contribution in [0.5, 0.6) is 0 Å². The van der Waals surface area contributed by atoms with Crippen LogP contribution in [0.4, 0.5) is 0 Å². The number of nitrogens with zero attached hydrogens (tertiary/aromatic N) is 2. The molecule has 2 aliphatic rings. The van der Waals surface area contributed by atoms with Crippen molar-refractivity contribution in [3.63, 3.8) is 0 Å². The summed E-state index contributed by atoms with van der Waals surface area (Å²) in [7, 11) is -6.13. The van der Waals surface area contributed by atoms with Gasteiger partial charge in [-0.15, -0.1) is 0 Å². The van der Waals surface area contributed by atoms with Crippen molar-refractivity contribution in [2.24, 2.45) is 0 Å². The van der Waals surface area contributed by atoms with Crippen LogP contribution in [0.3, 0.4) is 0 Å². The first-order chi connectivity index (χ1) is 24.2. The van der Waals surface area contributed by atoms with E-state index < -0.39 is 71.4 Å². The van der Waals surface area contributed by atoms with Crippen LogP contribution in [-0.4, -0.2) is 69.7 Å². The molecule has 0 radical (unpaired) electrons. The van der Waals surface area contributed by atoms with Crippen molar-refractivity contribution in [1.29, 1.82) is 0 Å². The maximum absolute atomic E-state index is 14.1. The van der Waals surface area contributed by atoms with Crippen molar-refractivity contribution in [2.75, 3.05) is 13.2 Å². The molecule has 2 aliphatic heterocycles. The number of carbonyl (C=O) groups excluding carboxylic acids is 2. The van der Waals surface area contributed by atoms with Crippen LogP contribution in [0, 0.1) is 0 Å². The Bertz CT molecular complexity index is 1760. The molecule has 4 atom stereocenters. The monoisotopic (exact) mass is 738 g/mol. The molecule has 2 aromatic carbocycles. The highest BCUT2D eigenvalue weighted by Gasteiger charge is 2.62. The van der Waals surface area contributed by atoms with Gasteiger partial charge in [-0.2, -0.15) is 4.57 Å². The molecule has 2 fully saturated rings. The number of ether oxygens (including phenoxy) is 3. The van der Waals surface area contributed by atoms with Crippen molar-refractivity contribution in [2.45, 2.75) is 109 Å². The molecule has 2 saturated heterocycles. The highest BCUT2D eigenvalue weighted by atomic mass is 28.5. The van der Waals surface area contributed by atoms with Gasteiger partial charge in [-0.25, -0.2) is 9.59 Å². The van der Waals surface area contributed by atoms with Gasteiger partial charge in [0, 0.05) is 17.8 Å². The van der Waals surface area contributed by atoms with Gasteiger partial charge in [-0.1, -0.05) is 104 Å². The average Bonchev–Trinajstić information content (AvgIpc) is 3.42. The maximum Gasteiger partial charge on any atom is 0.340 e. The second-order valence-corrected chi connectivity index (χ2v) is 23.2. The van der Waals surface area contributed by atoms with Gasteiger partial charge in [0.15, 0.2) is 6.23 Å². The van der Waals surface area contributed by atoms with Crippen molar-refractivity contribution in [1.82, 2.24) is 9.13 Å². The number of rotatable bonds is 11. The van der Waals surface area contributed by atoms with Gasteiger partial charge in [-0.3, -0.25) is 14.2 Å². The van der Waals surface area contributed by atoms with E-state index in [1.54, 1.807) is 18.2 Å². The van der Waals surface area contributed by atoms with Crippen molar-refractivity contribution in [3.05, 3.63) is 105 Å². The smallest absolute Gasteiger partial charge is 0.340 e. The van der Waals surface area contributed by atoms with E-state index in [9.17, 15) is 19.2 Å². The Hall–Kier alpha value is -3.51. The molecule has 0 N–H and O–H groups in total. The molecule has 0 aliphatic carbocycles. The molecule has 0 bridgehead atoms. The van der Waals surface area contributed by atoms with Crippen LogP contribution in [0.25, 0.3) is 0 Å². The van der Waals surface area contributed by atoms with Crippen molar-refractivity contribution in [3.8, 4) is 0 Å². The fraction of sp³-hybridized carbons (Fsp3) is 0.514. The Labute approximate surface area is 301 Å². The summed E-state index contributed by atoms with van der Waals surface area (Å²) < 4.78 is 41.6. The van der Waals surface area contributed by atoms with E-state index in [-0.39, 0.29) is 40.9 Å². The SMILES string of the molecule is CC(C)[Si]1(C(C)C)OC[C@H]2O[C@@H](n3ccc(=O)n(C(=O)c4ccccc4)c3=O)[C@H](OCC(=O)OCc3ccccc3)[C@@H]2O[Si](C(C)C)(C(C)C)O1. The van der Waals surface area contributed by atoms with Gasteiger partial charge in [0.2, 0.25) is 0 Å². The minimum atomic E-state index is -3.19. The van der Waals surface area contributed by atoms with E-state index in [2.05, 4.69) is 55.4 Å². The number of benzene rings is 2. The molecule has 12 nitrogen and oxygen atoms in total. The van der Waals surface area contributed by atoms with Gasteiger partial charge in [0.25, 0.3) is 11.5 Å². The van der Waals surface area contributed by atoms with Crippen LogP contribution in [0.1, 0.15) is 77.5 Å². The second kappa shape index (κ2) is 16.0. The second-order valence-electron chi connectivity index (χ2n) is 14.4. The lowest BCUT2D eigenvalue weighted by Crippen LogP contribution is -2.66. The zero-order valence-corrected chi connectivity index (χ0v) is 32.6. The molecule has 276 valence electrons. The fourth-order valence-corrected chi connectivity index (χ4v) is 18.3. The predicted molar refractivity (Wildman–Crippen MR) is 195 cm³/mol. The largest absolute Gasteiger partial charge is 0.459 e. The molecule has 0 unspecified atom stereocenters. The summed E-state index contributed by atoms with van der Waals surface area (Å²) in [4.78, 5) is 53.7. The van der Waals surface area contributed by atoms with Gasteiger partial charge in [0.1, 0.15) is 31.5 Å². The van der Waals surface area contributed by atoms with E-state index in [1.807, 2.05) is 30.3 Å². The summed E-state index contributed by atoms with van der Waals surface area (Å²) in [6.07, 6.45) is -2.56. The molecule has 3 heterocycles. The summed E-state index contributed by atoms with van der Waals surface area (Å²) in [5, 5.41) is 0. The molecule has 51 heavy (non-hydrogen) atoms. The average molecular weight is 739 g/mol. The summed E-state index contributed by atoms with van der Waals surface area (Å²) >= 11 is 0. The van der Waals surface area contributed by atoms with Gasteiger partial charge in [0.05, 0.1) is 6.61 Å². The van der Waals surface area contributed by atoms with Crippen LogP contribution < -0.4 is 11.2 Å². The normalized spacial score (nSPS) is 22.9. The zero-order valence-electron chi connectivity index (χ0n) is 30.6. The Kier molecular flexibility index (Phi) is 12.2. The fourth-order valence-electron chi connectivity index (χ4n) is 7.05. The third kappa shape index (κ3) is 7.82. The Morgan fingerprint density at radius 1 is 0.824 bits per heavy atom. The van der Waals surface area contributed by atoms with Gasteiger partial charge < -0.3 is 27.2 Å². The Morgan fingerprint density at radius 3 is 2.00 bits per heavy atom. The van der Waals surface area contributed by atoms with E-state index in [0.29, 0.717) is 4.57 Å².